The van der Waals surface area contributed by atoms with Crippen molar-refractivity contribution >= 4 is 11.8 Å². The fourth-order valence-corrected chi connectivity index (χ4v) is 4.25. The van der Waals surface area contributed by atoms with Crippen molar-refractivity contribution in [2.45, 2.75) is 25.3 Å². The number of ether oxygens (including phenoxy) is 1. The van der Waals surface area contributed by atoms with E-state index in [1.807, 2.05) is 66.5 Å². The van der Waals surface area contributed by atoms with Crippen LogP contribution in [0.15, 0.2) is 54.6 Å². The molecule has 2 aromatic carbocycles. The molecule has 1 saturated carbocycles. The molecule has 1 aliphatic carbocycles. The van der Waals surface area contributed by atoms with Crippen LogP contribution in [0, 0.1) is 11.8 Å². The van der Waals surface area contributed by atoms with Gasteiger partial charge in [0, 0.05) is 38.5 Å². The summed E-state index contributed by atoms with van der Waals surface area (Å²) in [5, 5.41) is 0. The van der Waals surface area contributed by atoms with E-state index >= 15 is 0 Å². The first-order valence-corrected chi connectivity index (χ1v) is 10.3. The van der Waals surface area contributed by atoms with Gasteiger partial charge in [-0.3, -0.25) is 9.59 Å². The molecule has 0 spiro atoms. The van der Waals surface area contributed by atoms with Gasteiger partial charge in [-0.25, -0.2) is 0 Å². The second kappa shape index (κ2) is 8.27. The number of carbonyl (C=O) groups excluding carboxylic acids is 2. The average Bonchev–Trinajstić information content (AvgIpc) is 3.51. The summed E-state index contributed by atoms with van der Waals surface area (Å²) in [6.07, 6.45) is 1.96. The highest BCUT2D eigenvalue weighted by atomic mass is 16.5. The van der Waals surface area contributed by atoms with E-state index in [-0.39, 0.29) is 29.6 Å². The predicted octanol–water partition coefficient (Wildman–Crippen LogP) is 3.31. The van der Waals surface area contributed by atoms with Crippen LogP contribution in [0.4, 0.5) is 0 Å². The molecule has 1 saturated heterocycles. The van der Waals surface area contributed by atoms with Crippen LogP contribution in [0.2, 0.25) is 0 Å². The maximum atomic E-state index is 13.4. The lowest BCUT2D eigenvalue weighted by molar-refractivity contribution is -0.135. The van der Waals surface area contributed by atoms with Crippen molar-refractivity contribution in [1.82, 2.24) is 9.80 Å². The van der Waals surface area contributed by atoms with Gasteiger partial charge in [-0.2, -0.15) is 0 Å². The first-order valence-electron chi connectivity index (χ1n) is 10.3. The maximum Gasteiger partial charge on any atom is 0.228 e. The summed E-state index contributed by atoms with van der Waals surface area (Å²) in [5.74, 6) is 0.985. The van der Waals surface area contributed by atoms with E-state index in [1.54, 1.807) is 12.0 Å². The molecule has 2 atom stereocenters. The second-order valence-corrected chi connectivity index (χ2v) is 8.19. The third-order valence-corrected chi connectivity index (χ3v) is 6.04. The Bertz CT molecular complexity index is 879. The quantitative estimate of drug-likeness (QED) is 0.758. The summed E-state index contributed by atoms with van der Waals surface area (Å²) >= 11 is 0. The average molecular weight is 392 g/mol. The van der Waals surface area contributed by atoms with Crippen LogP contribution in [0.1, 0.15) is 29.9 Å². The normalized spacial score (nSPS) is 21.1. The predicted molar refractivity (Wildman–Crippen MR) is 111 cm³/mol. The number of benzene rings is 2. The fourth-order valence-electron chi connectivity index (χ4n) is 4.25. The van der Waals surface area contributed by atoms with Crippen molar-refractivity contribution < 1.29 is 14.3 Å². The Labute approximate surface area is 172 Å². The van der Waals surface area contributed by atoms with Crippen molar-refractivity contribution in [1.29, 1.82) is 0 Å². The van der Waals surface area contributed by atoms with Crippen molar-refractivity contribution in [3.05, 3.63) is 65.7 Å². The van der Waals surface area contributed by atoms with Gasteiger partial charge in [0.25, 0.3) is 0 Å². The van der Waals surface area contributed by atoms with Crippen molar-refractivity contribution in [2.24, 2.45) is 11.8 Å². The van der Waals surface area contributed by atoms with Gasteiger partial charge in [-0.05, 0) is 36.1 Å². The molecule has 0 unspecified atom stereocenters. The van der Waals surface area contributed by atoms with E-state index in [2.05, 4.69) is 0 Å². The number of hydrogen-bond acceptors (Lipinski definition) is 3. The monoisotopic (exact) mass is 392 g/mol. The highest BCUT2D eigenvalue weighted by molar-refractivity contribution is 5.85. The Balaban J connectivity index is 1.56. The summed E-state index contributed by atoms with van der Waals surface area (Å²) in [4.78, 5) is 29.8. The summed E-state index contributed by atoms with van der Waals surface area (Å²) in [6.45, 7) is 1.66. The number of likely N-dealkylation sites (tertiary alicyclic amines) is 1. The first kappa shape index (κ1) is 19.5. The van der Waals surface area contributed by atoms with E-state index in [0.717, 1.165) is 29.7 Å². The second-order valence-electron chi connectivity index (χ2n) is 8.19. The third kappa shape index (κ3) is 4.29. The molecule has 1 aliphatic heterocycles. The van der Waals surface area contributed by atoms with E-state index in [1.165, 1.54) is 0 Å². The van der Waals surface area contributed by atoms with Gasteiger partial charge in [0.05, 0.1) is 13.0 Å². The standard InChI is InChI=1S/C24H28N2O3/c1-25(14-17-7-4-3-5-8-17)24(28)22-16-26(23(27)18-11-12-18)15-21(22)19-9-6-10-20(13-19)29-2/h3-10,13,18,21-22H,11-12,14-16H2,1-2H3/t21-,22-/m1/s1. The number of rotatable bonds is 6. The zero-order valence-corrected chi connectivity index (χ0v) is 17.1. The Morgan fingerprint density at radius 1 is 1.07 bits per heavy atom. The molecule has 2 amide bonds. The van der Waals surface area contributed by atoms with Gasteiger partial charge in [0.2, 0.25) is 11.8 Å². The molecule has 1 heterocycles. The molecule has 0 N–H and O–H groups in total. The smallest absolute Gasteiger partial charge is 0.228 e. The minimum atomic E-state index is -0.237. The Hall–Kier alpha value is -2.82. The molecule has 0 aromatic heterocycles. The maximum absolute atomic E-state index is 13.4. The van der Waals surface area contributed by atoms with Gasteiger partial charge in [0.1, 0.15) is 5.75 Å². The van der Waals surface area contributed by atoms with Gasteiger partial charge in [-0.1, -0.05) is 42.5 Å². The topological polar surface area (TPSA) is 49.9 Å². The Kier molecular flexibility index (Phi) is 5.56. The number of carbonyl (C=O) groups is 2. The molecule has 0 bridgehead atoms. The van der Waals surface area contributed by atoms with E-state index < -0.39 is 0 Å². The summed E-state index contributed by atoms with van der Waals surface area (Å²) in [5.41, 5.74) is 2.16. The molecule has 29 heavy (non-hydrogen) atoms. The zero-order valence-electron chi connectivity index (χ0n) is 17.1. The largest absolute Gasteiger partial charge is 0.497 e. The van der Waals surface area contributed by atoms with Crippen LogP contribution >= 0.6 is 0 Å². The zero-order chi connectivity index (χ0) is 20.4. The highest BCUT2D eigenvalue weighted by Crippen LogP contribution is 2.39. The van der Waals surface area contributed by atoms with Crippen molar-refractivity contribution in [3.63, 3.8) is 0 Å². The van der Waals surface area contributed by atoms with Crippen LogP contribution in [-0.2, 0) is 16.1 Å². The third-order valence-electron chi connectivity index (χ3n) is 6.04. The first-order chi connectivity index (χ1) is 14.1. The lowest BCUT2D eigenvalue weighted by Crippen LogP contribution is -2.37. The highest BCUT2D eigenvalue weighted by Gasteiger charge is 2.44. The van der Waals surface area contributed by atoms with Gasteiger partial charge in [-0.15, -0.1) is 0 Å². The fraction of sp³-hybridized carbons (Fsp3) is 0.417. The Morgan fingerprint density at radius 2 is 1.83 bits per heavy atom. The SMILES string of the molecule is COc1cccc([C@H]2CN(C(=O)C3CC3)C[C@H]2C(=O)N(C)Cc2ccccc2)c1. The minimum Gasteiger partial charge on any atom is -0.497 e. The molecule has 5 heteroatoms. The lowest BCUT2D eigenvalue weighted by atomic mass is 9.88. The van der Waals surface area contributed by atoms with Crippen molar-refractivity contribution in [2.75, 3.05) is 27.2 Å². The molecule has 2 aromatic rings. The number of hydrogen-bond donors (Lipinski definition) is 0. The van der Waals surface area contributed by atoms with Crippen LogP contribution < -0.4 is 4.74 Å². The lowest BCUT2D eigenvalue weighted by Gasteiger charge is -2.25. The molecular weight excluding hydrogens is 364 g/mol. The summed E-state index contributed by atoms with van der Waals surface area (Å²) in [7, 11) is 3.50. The summed E-state index contributed by atoms with van der Waals surface area (Å²) in [6, 6.07) is 17.9. The van der Waals surface area contributed by atoms with Crippen LogP contribution in [-0.4, -0.2) is 48.9 Å². The number of amides is 2. The summed E-state index contributed by atoms with van der Waals surface area (Å²) < 4.78 is 5.38. The molecule has 2 fully saturated rings. The molecular formula is C24H28N2O3. The van der Waals surface area contributed by atoms with Crippen LogP contribution in [0.25, 0.3) is 0 Å². The molecule has 0 radical (unpaired) electrons. The van der Waals surface area contributed by atoms with Crippen LogP contribution in [0.3, 0.4) is 0 Å². The molecule has 152 valence electrons. The van der Waals surface area contributed by atoms with E-state index in [9.17, 15) is 9.59 Å². The number of nitrogens with zero attached hydrogens (tertiary/aromatic N) is 2. The van der Waals surface area contributed by atoms with Gasteiger partial charge in [0.15, 0.2) is 0 Å². The molecule has 2 aliphatic rings. The Morgan fingerprint density at radius 3 is 2.52 bits per heavy atom. The van der Waals surface area contributed by atoms with Crippen LogP contribution in [0.5, 0.6) is 5.75 Å². The van der Waals surface area contributed by atoms with Gasteiger partial charge >= 0.3 is 0 Å². The van der Waals surface area contributed by atoms with E-state index in [0.29, 0.717) is 19.6 Å². The minimum absolute atomic E-state index is 0.0153. The van der Waals surface area contributed by atoms with E-state index in [4.69, 9.17) is 4.74 Å². The van der Waals surface area contributed by atoms with Crippen molar-refractivity contribution in [3.8, 4) is 5.75 Å². The number of methoxy groups -OCH3 is 1. The molecule has 4 rings (SSSR count). The van der Waals surface area contributed by atoms with Gasteiger partial charge < -0.3 is 14.5 Å². The molecule has 5 nitrogen and oxygen atoms in total.